The van der Waals surface area contributed by atoms with Crippen molar-refractivity contribution in [2.75, 3.05) is 0 Å². The van der Waals surface area contributed by atoms with Gasteiger partial charge in [0.1, 0.15) is 6.29 Å². The third-order valence-corrected chi connectivity index (χ3v) is 1.16. The number of aldehydes is 1. The number of hydrogen-bond donors (Lipinski definition) is 0. The summed E-state index contributed by atoms with van der Waals surface area (Å²) in [6, 6.07) is 9.68. The maximum absolute atomic E-state index is 9.97. The van der Waals surface area contributed by atoms with Crippen LogP contribution in [0.2, 0.25) is 0 Å². The summed E-state index contributed by atoms with van der Waals surface area (Å²) in [5.74, 6) is 0. The molecule has 62 valence electrons. The lowest BCUT2D eigenvalue weighted by Gasteiger charge is -1.89. The Hall–Kier alpha value is -0.530. The van der Waals surface area contributed by atoms with Gasteiger partial charge in [-0.1, -0.05) is 30.3 Å². The molecule has 0 saturated heterocycles. The second-order valence-corrected chi connectivity index (χ2v) is 1.86. The van der Waals surface area contributed by atoms with E-state index < -0.39 is 0 Å². The fourth-order valence-electron chi connectivity index (χ4n) is 0.710. The van der Waals surface area contributed by atoms with Crippen LogP contribution < -0.4 is 0 Å². The zero-order chi connectivity index (χ0) is 6.53. The molecule has 0 atom stereocenters. The van der Waals surface area contributed by atoms with E-state index in [1.54, 1.807) is 0 Å². The van der Waals surface area contributed by atoms with Crippen LogP contribution in [0.3, 0.4) is 0 Å². The Bertz CT molecular complexity index is 187. The second kappa shape index (κ2) is 7.58. The Kier molecular flexibility index (Phi) is 9.01. The average Bonchev–Trinajstić information content (AvgIpc) is 1.91. The van der Waals surface area contributed by atoms with Gasteiger partial charge in [0.15, 0.2) is 0 Å². The Labute approximate surface area is 78.6 Å². The molecule has 0 bridgehead atoms. The average molecular weight is 193 g/mol. The molecule has 1 nitrogen and oxygen atoms in total. The van der Waals surface area contributed by atoms with Gasteiger partial charge in [-0.15, -0.1) is 24.8 Å². The van der Waals surface area contributed by atoms with Crippen molar-refractivity contribution in [1.82, 2.24) is 0 Å². The van der Waals surface area contributed by atoms with Crippen molar-refractivity contribution in [3.8, 4) is 0 Å². The van der Waals surface area contributed by atoms with Gasteiger partial charge in [-0.05, 0) is 5.56 Å². The van der Waals surface area contributed by atoms with Gasteiger partial charge in [0.25, 0.3) is 0 Å². The van der Waals surface area contributed by atoms with Crippen LogP contribution in [0.25, 0.3) is 0 Å². The number of benzene rings is 1. The molecule has 0 heterocycles. The minimum atomic E-state index is 0. The van der Waals surface area contributed by atoms with Crippen molar-refractivity contribution in [2.45, 2.75) is 6.42 Å². The van der Waals surface area contributed by atoms with Crippen LogP contribution in [-0.2, 0) is 11.2 Å². The summed E-state index contributed by atoms with van der Waals surface area (Å²) in [7, 11) is 0. The first-order chi connectivity index (χ1) is 4.43. The standard InChI is InChI=1S/C8H8O.2ClH/c9-7-6-8-4-2-1-3-5-8;;/h1-5,7H,6H2;2*1H. The third-order valence-electron chi connectivity index (χ3n) is 1.16. The van der Waals surface area contributed by atoms with Gasteiger partial charge in [-0.2, -0.15) is 0 Å². The highest BCUT2D eigenvalue weighted by atomic mass is 35.5. The molecular formula is C8H10Cl2O. The molecule has 3 heteroatoms. The predicted octanol–water partition coefficient (Wildman–Crippen LogP) is 2.27. The fourth-order valence-corrected chi connectivity index (χ4v) is 0.710. The molecule has 1 rings (SSSR count). The fraction of sp³-hybridized carbons (Fsp3) is 0.125. The summed E-state index contributed by atoms with van der Waals surface area (Å²) < 4.78 is 0. The van der Waals surface area contributed by atoms with Crippen LogP contribution >= 0.6 is 24.8 Å². The van der Waals surface area contributed by atoms with E-state index in [2.05, 4.69) is 0 Å². The minimum Gasteiger partial charge on any atom is -0.303 e. The van der Waals surface area contributed by atoms with Gasteiger partial charge < -0.3 is 4.79 Å². The Morgan fingerprint density at radius 1 is 1.09 bits per heavy atom. The highest BCUT2D eigenvalue weighted by Gasteiger charge is 1.84. The molecule has 11 heavy (non-hydrogen) atoms. The van der Waals surface area contributed by atoms with E-state index in [0.717, 1.165) is 11.8 Å². The van der Waals surface area contributed by atoms with Gasteiger partial charge in [0.05, 0.1) is 0 Å². The summed E-state index contributed by atoms with van der Waals surface area (Å²) in [6.07, 6.45) is 1.44. The van der Waals surface area contributed by atoms with Crippen LogP contribution in [0.4, 0.5) is 0 Å². The Morgan fingerprint density at radius 2 is 1.64 bits per heavy atom. The lowest BCUT2D eigenvalue weighted by molar-refractivity contribution is -0.107. The van der Waals surface area contributed by atoms with E-state index in [1.165, 1.54) is 0 Å². The highest BCUT2D eigenvalue weighted by Crippen LogP contribution is 1.96. The monoisotopic (exact) mass is 192 g/mol. The molecule has 0 N–H and O–H groups in total. The Morgan fingerprint density at radius 3 is 2.09 bits per heavy atom. The first kappa shape index (κ1) is 13.1. The molecule has 0 saturated carbocycles. The molecule has 1 aromatic carbocycles. The van der Waals surface area contributed by atoms with E-state index in [9.17, 15) is 4.79 Å². The predicted molar refractivity (Wildman–Crippen MR) is 50.7 cm³/mol. The van der Waals surface area contributed by atoms with Crippen LogP contribution in [0.1, 0.15) is 5.56 Å². The van der Waals surface area contributed by atoms with Gasteiger partial charge in [0, 0.05) is 6.42 Å². The van der Waals surface area contributed by atoms with E-state index in [4.69, 9.17) is 0 Å². The number of hydrogen-bond acceptors (Lipinski definition) is 1. The molecule has 0 aromatic heterocycles. The van der Waals surface area contributed by atoms with Crippen molar-refractivity contribution < 1.29 is 4.79 Å². The van der Waals surface area contributed by atoms with Gasteiger partial charge in [-0.25, -0.2) is 0 Å². The molecule has 0 unspecified atom stereocenters. The van der Waals surface area contributed by atoms with Crippen molar-refractivity contribution in [3.05, 3.63) is 35.9 Å². The number of carbonyl (C=O) groups is 1. The largest absolute Gasteiger partial charge is 0.303 e. The van der Waals surface area contributed by atoms with Crippen LogP contribution in [0.5, 0.6) is 0 Å². The van der Waals surface area contributed by atoms with E-state index in [-0.39, 0.29) is 24.8 Å². The second-order valence-electron chi connectivity index (χ2n) is 1.86. The number of halogens is 2. The van der Waals surface area contributed by atoms with Gasteiger partial charge in [-0.3, -0.25) is 0 Å². The number of carbonyl (C=O) groups excluding carboxylic acids is 1. The smallest absolute Gasteiger partial charge is 0.124 e. The summed E-state index contributed by atoms with van der Waals surface area (Å²) in [5.41, 5.74) is 1.08. The molecular weight excluding hydrogens is 183 g/mol. The van der Waals surface area contributed by atoms with Gasteiger partial charge in [0.2, 0.25) is 0 Å². The maximum Gasteiger partial charge on any atom is 0.124 e. The maximum atomic E-state index is 9.97. The molecule has 1 aromatic rings. The van der Waals surface area contributed by atoms with Crippen LogP contribution in [0, 0.1) is 0 Å². The molecule has 0 amide bonds. The summed E-state index contributed by atoms with van der Waals surface area (Å²) >= 11 is 0. The van der Waals surface area contributed by atoms with Crippen molar-refractivity contribution in [2.24, 2.45) is 0 Å². The van der Waals surface area contributed by atoms with Crippen molar-refractivity contribution >= 4 is 31.1 Å². The van der Waals surface area contributed by atoms with E-state index in [0.29, 0.717) is 6.42 Å². The van der Waals surface area contributed by atoms with Crippen LogP contribution in [-0.4, -0.2) is 6.29 Å². The molecule has 0 radical (unpaired) electrons. The minimum absolute atomic E-state index is 0. The van der Waals surface area contributed by atoms with Crippen LogP contribution in [0.15, 0.2) is 30.3 Å². The lowest BCUT2D eigenvalue weighted by atomic mass is 10.2. The zero-order valence-electron chi connectivity index (χ0n) is 5.90. The summed E-state index contributed by atoms with van der Waals surface area (Å²) in [6.45, 7) is 0. The molecule has 0 aliphatic carbocycles. The normalized spacial score (nSPS) is 7.27. The first-order valence-electron chi connectivity index (χ1n) is 2.91. The summed E-state index contributed by atoms with van der Waals surface area (Å²) in [5, 5.41) is 0. The highest BCUT2D eigenvalue weighted by molar-refractivity contribution is 5.85. The quantitative estimate of drug-likeness (QED) is 0.658. The topological polar surface area (TPSA) is 17.1 Å². The molecule has 0 fully saturated rings. The molecule has 0 aliphatic heterocycles. The SMILES string of the molecule is Cl.Cl.O=CCc1ccccc1. The first-order valence-corrected chi connectivity index (χ1v) is 2.91. The summed E-state index contributed by atoms with van der Waals surface area (Å²) in [4.78, 5) is 9.97. The molecule has 0 aliphatic rings. The zero-order valence-corrected chi connectivity index (χ0v) is 7.53. The lowest BCUT2D eigenvalue weighted by Crippen LogP contribution is -1.82. The molecule has 0 spiro atoms. The van der Waals surface area contributed by atoms with Crippen molar-refractivity contribution in [3.63, 3.8) is 0 Å². The van der Waals surface area contributed by atoms with E-state index in [1.807, 2.05) is 30.3 Å². The third kappa shape index (κ3) is 4.82. The van der Waals surface area contributed by atoms with E-state index >= 15 is 0 Å². The number of rotatable bonds is 2. The van der Waals surface area contributed by atoms with Crippen molar-refractivity contribution in [1.29, 1.82) is 0 Å². The van der Waals surface area contributed by atoms with Gasteiger partial charge >= 0.3 is 0 Å². The Balaban J connectivity index is 0.